The lowest BCUT2D eigenvalue weighted by Crippen LogP contribution is -2.33. The van der Waals surface area contributed by atoms with Gasteiger partial charge in [0.25, 0.3) is 5.69 Å². The molecule has 2 aliphatic rings. The molecule has 0 aliphatic carbocycles. The van der Waals surface area contributed by atoms with Crippen LogP contribution in [-0.2, 0) is 10.3 Å². The van der Waals surface area contributed by atoms with Crippen LogP contribution in [-0.4, -0.2) is 21.1 Å². The first kappa shape index (κ1) is 16.9. The maximum absolute atomic E-state index is 12.7. The summed E-state index contributed by atoms with van der Waals surface area (Å²) in [4.78, 5) is 23.6. The van der Waals surface area contributed by atoms with Crippen molar-refractivity contribution in [3.8, 4) is 23.0 Å². The van der Waals surface area contributed by atoms with E-state index in [-0.39, 0.29) is 45.5 Å². The molecule has 0 saturated heterocycles. The zero-order valence-corrected chi connectivity index (χ0v) is 14.6. The zero-order valence-electron chi connectivity index (χ0n) is 14.6. The number of ether oxygens (including phenoxy) is 2. The first-order chi connectivity index (χ1) is 13.8. The Morgan fingerprint density at radius 2 is 1.52 bits per heavy atom. The summed E-state index contributed by atoms with van der Waals surface area (Å²) in [7, 11) is 0. The largest absolute Gasteiger partial charge is 0.508 e. The molecule has 29 heavy (non-hydrogen) atoms. The number of phenols is 2. The number of phenolic OH excluding ortho intramolecular Hbond substituents is 2. The van der Waals surface area contributed by atoms with Crippen LogP contribution in [0.3, 0.4) is 0 Å². The van der Waals surface area contributed by atoms with E-state index in [1.54, 1.807) is 0 Å². The van der Waals surface area contributed by atoms with Crippen molar-refractivity contribution in [1.29, 1.82) is 0 Å². The maximum Gasteiger partial charge on any atom is 0.340 e. The summed E-state index contributed by atoms with van der Waals surface area (Å²) in [6, 6.07) is 10.9. The van der Waals surface area contributed by atoms with Crippen LogP contribution in [0.5, 0.6) is 23.0 Å². The fraction of sp³-hybridized carbons (Fsp3) is 0.0500. The fourth-order valence-corrected chi connectivity index (χ4v) is 3.91. The number of nitro groups is 1. The molecule has 144 valence electrons. The number of carbonyl (C=O) groups excluding carboxylic acids is 1. The average Bonchev–Trinajstić information content (AvgIpc) is 2.93. The summed E-state index contributed by atoms with van der Waals surface area (Å²) in [5.74, 6) is -0.515. The molecule has 9 heteroatoms. The van der Waals surface area contributed by atoms with E-state index in [0.29, 0.717) is 11.1 Å². The molecular weight excluding hydrogens is 380 g/mol. The molecular formula is C20H12N2O7. The number of nitro benzene ring substituents is 1. The molecule has 1 spiro atoms. The zero-order chi connectivity index (χ0) is 20.5. The average molecular weight is 392 g/mol. The summed E-state index contributed by atoms with van der Waals surface area (Å²) >= 11 is 0. The van der Waals surface area contributed by atoms with Gasteiger partial charge in [0.05, 0.1) is 10.5 Å². The first-order valence-corrected chi connectivity index (χ1v) is 8.48. The van der Waals surface area contributed by atoms with Crippen LogP contribution < -0.4 is 10.5 Å². The third kappa shape index (κ3) is 2.12. The number of anilines is 1. The lowest BCUT2D eigenvalue weighted by molar-refractivity contribution is -0.384. The Bertz CT molecular complexity index is 1200. The van der Waals surface area contributed by atoms with E-state index in [0.717, 1.165) is 0 Å². The number of esters is 1. The molecule has 0 unspecified atom stereocenters. The molecule has 0 radical (unpaired) electrons. The third-order valence-electron chi connectivity index (χ3n) is 5.12. The normalized spacial score (nSPS) is 15.1. The molecule has 4 N–H and O–H groups in total. The van der Waals surface area contributed by atoms with E-state index in [2.05, 4.69) is 0 Å². The lowest BCUT2D eigenvalue weighted by Gasteiger charge is -2.36. The van der Waals surface area contributed by atoms with Gasteiger partial charge in [-0.25, -0.2) is 4.79 Å². The Hall–Kier alpha value is -4.27. The van der Waals surface area contributed by atoms with Gasteiger partial charge in [0.1, 0.15) is 28.7 Å². The van der Waals surface area contributed by atoms with Crippen molar-refractivity contribution in [3.05, 3.63) is 80.9 Å². The standard InChI is InChI=1S/C20H12N2O7/c21-15-7-11-14(8-16(15)22(26)27)20(29-19(11)25)12-3-1-9(23)5-17(12)28-18-6-10(24)2-4-13(18)20/h1-8,23-24H,21H2. The summed E-state index contributed by atoms with van der Waals surface area (Å²) in [6.45, 7) is 0. The van der Waals surface area contributed by atoms with Crippen LogP contribution in [0, 0.1) is 10.1 Å². The second-order valence-corrected chi connectivity index (χ2v) is 6.75. The van der Waals surface area contributed by atoms with Crippen molar-refractivity contribution < 1.29 is 29.4 Å². The summed E-state index contributed by atoms with van der Waals surface area (Å²) in [5.41, 5.74) is 4.74. The van der Waals surface area contributed by atoms with Gasteiger partial charge < -0.3 is 25.4 Å². The van der Waals surface area contributed by atoms with Gasteiger partial charge in [-0.1, -0.05) is 0 Å². The van der Waals surface area contributed by atoms with Crippen LogP contribution in [0.4, 0.5) is 11.4 Å². The second-order valence-electron chi connectivity index (χ2n) is 6.75. The van der Waals surface area contributed by atoms with Gasteiger partial charge in [0, 0.05) is 34.9 Å². The topological polar surface area (TPSA) is 145 Å². The number of nitrogen functional groups attached to an aromatic ring is 1. The lowest BCUT2D eigenvalue weighted by atomic mass is 9.77. The van der Waals surface area contributed by atoms with Gasteiger partial charge in [0.15, 0.2) is 5.60 Å². The molecule has 0 amide bonds. The molecule has 3 aromatic rings. The number of benzene rings is 3. The SMILES string of the molecule is Nc1cc2c(cc1[N+](=O)[O-])C1(OC2=O)c2ccc(O)cc2Oc2cc(O)ccc21. The van der Waals surface area contributed by atoms with Crippen molar-refractivity contribution in [2.45, 2.75) is 5.60 Å². The number of fused-ring (bicyclic) bond motifs is 6. The van der Waals surface area contributed by atoms with E-state index in [1.165, 1.54) is 48.5 Å². The molecule has 9 nitrogen and oxygen atoms in total. The minimum absolute atomic E-state index is 0.0877. The molecule has 5 rings (SSSR count). The molecule has 2 aliphatic heterocycles. The molecule has 3 aromatic carbocycles. The Morgan fingerprint density at radius 3 is 2.07 bits per heavy atom. The van der Waals surface area contributed by atoms with Crippen molar-refractivity contribution in [1.82, 2.24) is 0 Å². The van der Waals surface area contributed by atoms with E-state index in [1.807, 2.05) is 0 Å². The number of hydrogen-bond acceptors (Lipinski definition) is 8. The maximum atomic E-state index is 12.7. The van der Waals surface area contributed by atoms with Gasteiger partial charge in [-0.3, -0.25) is 10.1 Å². The van der Waals surface area contributed by atoms with Crippen LogP contribution in [0.2, 0.25) is 0 Å². The summed E-state index contributed by atoms with van der Waals surface area (Å²) < 4.78 is 11.6. The highest BCUT2D eigenvalue weighted by atomic mass is 16.6. The minimum Gasteiger partial charge on any atom is -0.508 e. The molecule has 0 atom stereocenters. The van der Waals surface area contributed by atoms with Crippen LogP contribution in [0.15, 0.2) is 48.5 Å². The van der Waals surface area contributed by atoms with Crippen molar-refractivity contribution in [2.24, 2.45) is 0 Å². The number of aromatic hydroxyl groups is 2. The number of rotatable bonds is 1. The molecule has 0 bridgehead atoms. The van der Waals surface area contributed by atoms with Gasteiger partial charge in [-0.05, 0) is 30.3 Å². The predicted octanol–water partition coefficient (Wildman–Crippen LogP) is 3.16. The number of nitrogens with two attached hydrogens (primary N) is 1. The Balaban J connectivity index is 1.91. The van der Waals surface area contributed by atoms with Gasteiger partial charge in [-0.15, -0.1) is 0 Å². The highest BCUT2D eigenvalue weighted by Gasteiger charge is 2.54. The predicted molar refractivity (Wildman–Crippen MR) is 99.1 cm³/mol. The Kier molecular flexibility index (Phi) is 3.13. The molecule has 0 fully saturated rings. The van der Waals surface area contributed by atoms with Crippen LogP contribution >= 0.6 is 0 Å². The molecule has 0 aromatic heterocycles. The van der Waals surface area contributed by atoms with Crippen LogP contribution in [0.25, 0.3) is 0 Å². The molecule has 2 heterocycles. The number of hydrogen-bond donors (Lipinski definition) is 3. The Labute approximate surface area is 162 Å². The van der Waals surface area contributed by atoms with E-state index in [9.17, 15) is 25.1 Å². The Morgan fingerprint density at radius 1 is 0.931 bits per heavy atom. The fourth-order valence-electron chi connectivity index (χ4n) is 3.91. The first-order valence-electron chi connectivity index (χ1n) is 8.48. The number of carbonyl (C=O) groups is 1. The van der Waals surface area contributed by atoms with Gasteiger partial charge in [-0.2, -0.15) is 0 Å². The highest BCUT2D eigenvalue weighted by Crippen LogP contribution is 2.57. The smallest absolute Gasteiger partial charge is 0.340 e. The summed E-state index contributed by atoms with van der Waals surface area (Å²) in [5, 5.41) is 31.2. The third-order valence-corrected chi connectivity index (χ3v) is 5.12. The quantitative estimate of drug-likeness (QED) is 0.248. The minimum atomic E-state index is -1.56. The number of nitrogens with zero attached hydrogens (tertiary/aromatic N) is 1. The highest BCUT2D eigenvalue weighted by molar-refractivity contribution is 5.99. The van der Waals surface area contributed by atoms with Crippen molar-refractivity contribution >= 4 is 17.3 Å². The van der Waals surface area contributed by atoms with E-state index in [4.69, 9.17) is 15.2 Å². The van der Waals surface area contributed by atoms with E-state index >= 15 is 0 Å². The van der Waals surface area contributed by atoms with Crippen molar-refractivity contribution in [2.75, 3.05) is 5.73 Å². The second kappa shape index (κ2) is 5.38. The summed E-state index contributed by atoms with van der Waals surface area (Å²) in [6.07, 6.45) is 0. The van der Waals surface area contributed by atoms with Crippen molar-refractivity contribution in [3.63, 3.8) is 0 Å². The monoisotopic (exact) mass is 392 g/mol. The van der Waals surface area contributed by atoms with Crippen LogP contribution in [0.1, 0.15) is 27.0 Å². The van der Waals surface area contributed by atoms with E-state index < -0.39 is 16.5 Å². The van der Waals surface area contributed by atoms with Gasteiger partial charge in [0.2, 0.25) is 0 Å². The molecule has 0 saturated carbocycles. The van der Waals surface area contributed by atoms with Gasteiger partial charge >= 0.3 is 5.97 Å².